The zero-order valence-corrected chi connectivity index (χ0v) is 49.5. The Bertz CT molecular complexity index is 4750. The van der Waals surface area contributed by atoms with E-state index in [1.54, 1.807) is 24.4 Å². The molecule has 8 aromatic carbocycles. The number of hydrogen-bond donors (Lipinski definition) is 0. The topological polar surface area (TPSA) is 35.9 Å². The largest absolute Gasteiger partial charge is 0.509 e. The quantitative estimate of drug-likeness (QED) is 0.112. The van der Waals surface area contributed by atoms with E-state index in [0.29, 0.717) is 61.4 Å². The van der Waals surface area contributed by atoms with Crippen molar-refractivity contribution in [3.63, 3.8) is 0 Å². The van der Waals surface area contributed by atoms with Crippen molar-refractivity contribution in [3.05, 3.63) is 222 Å². The molecule has 0 atom stereocenters. The van der Waals surface area contributed by atoms with E-state index >= 15 is 0 Å². The summed E-state index contributed by atoms with van der Waals surface area (Å²) in [6, 6.07) is 37.1. The second-order valence-electron chi connectivity index (χ2n) is 25.3. The van der Waals surface area contributed by atoms with Crippen LogP contribution in [0.1, 0.15) is 145 Å². The normalized spacial score (nSPS) is 18.0. The van der Waals surface area contributed by atoms with Gasteiger partial charge in [-0.2, -0.15) is 18.2 Å². The van der Waals surface area contributed by atoms with Crippen LogP contribution >= 0.6 is 0 Å². The second-order valence-corrected chi connectivity index (χ2v) is 25.3. The maximum atomic E-state index is 10.3. The molecule has 0 fully saturated rings. The van der Waals surface area contributed by atoms with E-state index in [9.17, 15) is 11.0 Å². The van der Waals surface area contributed by atoms with Crippen LogP contribution in [-0.4, -0.2) is 14.1 Å². The van der Waals surface area contributed by atoms with Gasteiger partial charge in [-0.1, -0.05) is 220 Å². The monoisotopic (exact) mass is 1240 g/mol. The molecule has 0 bridgehead atoms. The maximum absolute atomic E-state index is 10.3. The van der Waals surface area contributed by atoms with Crippen LogP contribution in [0.4, 0.5) is 0 Å². The molecule has 2 aliphatic carbocycles. The molecule has 3 heterocycles. The first-order valence-electron chi connectivity index (χ1n) is 33.0. The van der Waals surface area contributed by atoms with E-state index in [1.807, 2.05) is 98.6 Å². The SMILES string of the molecule is [2H]c1c([2H])c([2H])c(-c2cc3c4ccccc4n(-c4cc(C(C)(C)C)ccn4)c3[c-]c2Oc2[c-]c(-n3[c-][n+](-c4c(-c5c([2H])c([2H])c6c(c5[2H])C(C)(C)CCC6(C)C)cccc4-c4c([2H])c([2H])c5c(c4[2H])C(C)(C)CCC5(C)C)c4ccccc43)ccc2)c([2H])c1[2H].[Pt]. The Labute approximate surface area is 503 Å². The van der Waals surface area contributed by atoms with Gasteiger partial charge in [0.1, 0.15) is 5.82 Å². The van der Waals surface area contributed by atoms with Crippen molar-refractivity contribution in [1.29, 1.82) is 0 Å². The predicted molar refractivity (Wildman–Crippen MR) is 326 cm³/mol. The molecule has 0 aliphatic heterocycles. The number of hydrogen-bond acceptors (Lipinski definition) is 2. The minimum absolute atomic E-state index is 0. The summed E-state index contributed by atoms with van der Waals surface area (Å²) in [5, 5.41) is 1.51. The molecule has 5 nitrogen and oxygen atoms in total. The Hall–Kier alpha value is -7.33. The Morgan fingerprint density at radius 1 is 0.575 bits per heavy atom. The number of fused-ring (bicyclic) bond motifs is 6. The third-order valence-electron chi connectivity index (χ3n) is 16.9. The molecule has 80 heavy (non-hydrogen) atoms. The van der Waals surface area contributed by atoms with Crippen LogP contribution in [0.3, 0.4) is 0 Å². The van der Waals surface area contributed by atoms with Crippen molar-refractivity contribution in [1.82, 2.24) is 14.1 Å². The van der Waals surface area contributed by atoms with E-state index in [0.717, 1.165) is 53.3 Å². The Balaban J connectivity index is 0.00000800. The number of pyridine rings is 1. The van der Waals surface area contributed by atoms with Crippen molar-refractivity contribution in [3.8, 4) is 62.1 Å². The van der Waals surface area contributed by atoms with Crippen LogP contribution in [0, 0.1) is 18.5 Å². The molecular weight excluding hydrogens is 1160 g/mol. The number of nitrogens with zero attached hydrogens (tertiary/aromatic N) is 4. The molecule has 0 amide bonds. The van der Waals surface area contributed by atoms with Crippen LogP contribution in [-0.2, 0) is 48.1 Å². The molecule has 0 saturated carbocycles. The molecular formula is C74H70N4OPt-2. The van der Waals surface area contributed by atoms with Crippen LogP contribution in [0.5, 0.6) is 11.5 Å². The molecule has 0 N–H and O–H groups in total. The molecule has 0 saturated heterocycles. The summed E-state index contributed by atoms with van der Waals surface area (Å²) in [6.07, 6.45) is 8.55. The maximum Gasteiger partial charge on any atom is 0.268 e. The number of ether oxygens (including phenoxy) is 1. The molecule has 0 unspecified atom stereocenters. The molecule has 3 aromatic heterocycles. The van der Waals surface area contributed by atoms with Gasteiger partial charge in [-0.15, -0.1) is 23.6 Å². The van der Waals surface area contributed by atoms with Crippen LogP contribution in [0.25, 0.3) is 83.4 Å². The number of imidazole rings is 1. The smallest absolute Gasteiger partial charge is 0.268 e. The number of para-hydroxylation sites is 4. The third-order valence-corrected chi connectivity index (χ3v) is 16.9. The standard InChI is InChI=1S/C74H70N4O.Pt/c1-70(2,3)51-35-40-75-68(43-51)78-63-28-16-15-25-56(63)58-45-57(48-21-13-12-14-22-48)67(46-66(58)78)79-53-24-19-23-52(44-53)76-47-77(65-30-18-17-29-64(65)76)69-54(49-31-33-59-61(41-49)73(8,9)38-36-71(59,4)5)26-20-27-55(69)50-32-34-60-62(42-50)74(10,11)39-37-72(60,6)7;/h12-35,40-43,45H,36-39H2,1-11H3;/q-2;/i12D,13D,14D,21D,22D,31D,32D,33D,34D,41D,42D;. The van der Waals surface area contributed by atoms with Crippen LogP contribution in [0.2, 0.25) is 0 Å². The minimum atomic E-state index is -0.528. The van der Waals surface area contributed by atoms with Gasteiger partial charge in [0, 0.05) is 44.3 Å². The summed E-state index contributed by atoms with van der Waals surface area (Å²) in [5.74, 6) is 0.875. The fourth-order valence-corrected chi connectivity index (χ4v) is 12.0. The van der Waals surface area contributed by atoms with Crippen LogP contribution in [0.15, 0.2) is 176 Å². The van der Waals surface area contributed by atoms with E-state index in [2.05, 4.69) is 94.6 Å². The van der Waals surface area contributed by atoms with E-state index < -0.39 is 51.9 Å². The van der Waals surface area contributed by atoms with Gasteiger partial charge in [0.2, 0.25) is 0 Å². The van der Waals surface area contributed by atoms with Crippen molar-refractivity contribution in [2.24, 2.45) is 0 Å². The third kappa shape index (κ3) is 9.05. The first kappa shape index (κ1) is 41.6. The predicted octanol–water partition coefficient (Wildman–Crippen LogP) is 18.6. The van der Waals surface area contributed by atoms with E-state index in [-0.39, 0.29) is 96.5 Å². The van der Waals surface area contributed by atoms with Gasteiger partial charge < -0.3 is 13.9 Å². The van der Waals surface area contributed by atoms with E-state index in [4.69, 9.17) is 13.8 Å². The minimum Gasteiger partial charge on any atom is -0.509 e. The molecule has 0 radical (unpaired) electrons. The fourth-order valence-electron chi connectivity index (χ4n) is 12.0. The molecule has 2 aliphatic rings. The Morgan fingerprint density at radius 3 is 1.80 bits per heavy atom. The molecule has 0 spiro atoms. The Kier molecular flexibility index (Phi) is 10.1. The number of benzene rings is 8. The first-order chi connectivity index (χ1) is 42.4. The molecule has 6 heteroatoms. The average Bonchev–Trinajstić information content (AvgIpc) is 1.38. The summed E-state index contributed by atoms with van der Waals surface area (Å²) in [6.45, 7) is 23.2. The first-order valence-corrected chi connectivity index (χ1v) is 27.5. The number of rotatable bonds is 8. The molecule has 11 aromatic rings. The van der Waals surface area contributed by atoms with Crippen molar-refractivity contribution >= 4 is 32.8 Å². The van der Waals surface area contributed by atoms with Gasteiger partial charge in [0.15, 0.2) is 0 Å². The summed E-state index contributed by atoms with van der Waals surface area (Å²) in [5.41, 5.74) is 6.70. The summed E-state index contributed by atoms with van der Waals surface area (Å²) >= 11 is 0. The van der Waals surface area contributed by atoms with Gasteiger partial charge in [-0.3, -0.25) is 4.57 Å². The zero-order chi connectivity index (χ0) is 64.4. The van der Waals surface area contributed by atoms with Crippen molar-refractivity contribution < 1.29 is 45.4 Å². The van der Waals surface area contributed by atoms with Gasteiger partial charge in [-0.05, 0) is 132 Å². The second kappa shape index (κ2) is 19.4. The van der Waals surface area contributed by atoms with Gasteiger partial charge >= 0.3 is 0 Å². The summed E-state index contributed by atoms with van der Waals surface area (Å²) in [7, 11) is 0. The van der Waals surface area contributed by atoms with Crippen molar-refractivity contribution in [2.75, 3.05) is 0 Å². The van der Waals surface area contributed by atoms with E-state index in [1.165, 1.54) is 0 Å². The fraction of sp³-hybridized carbons (Fsp3) is 0.270. The van der Waals surface area contributed by atoms with Gasteiger partial charge in [-0.25, -0.2) is 4.98 Å². The number of aromatic nitrogens is 4. The Morgan fingerprint density at radius 2 is 1.16 bits per heavy atom. The van der Waals surface area contributed by atoms with Crippen LogP contribution < -0.4 is 9.30 Å². The molecule has 13 rings (SSSR count). The summed E-state index contributed by atoms with van der Waals surface area (Å²) < 4.78 is 117. The zero-order valence-electron chi connectivity index (χ0n) is 58.2. The van der Waals surface area contributed by atoms with Gasteiger partial charge in [0.25, 0.3) is 6.33 Å². The van der Waals surface area contributed by atoms with Crippen molar-refractivity contribution in [2.45, 2.75) is 129 Å². The average molecular weight is 1240 g/mol. The van der Waals surface area contributed by atoms with Gasteiger partial charge in [0.05, 0.1) is 31.8 Å². The molecule has 404 valence electrons. The summed E-state index contributed by atoms with van der Waals surface area (Å²) in [4.78, 5) is 4.87.